The van der Waals surface area contributed by atoms with Crippen molar-refractivity contribution in [2.75, 3.05) is 5.88 Å². The highest BCUT2D eigenvalue weighted by Gasteiger charge is 2.56. The molecule has 1 fully saturated rings. The molecule has 0 bridgehead atoms. The Morgan fingerprint density at radius 3 is 2.73 bits per heavy atom. The summed E-state index contributed by atoms with van der Waals surface area (Å²) in [6.07, 6.45) is 3.07. The van der Waals surface area contributed by atoms with Crippen LogP contribution in [0.15, 0.2) is 17.1 Å². The lowest BCUT2D eigenvalue weighted by molar-refractivity contribution is -0.157. The van der Waals surface area contributed by atoms with Crippen LogP contribution in [0.4, 0.5) is 0 Å². The minimum Gasteiger partial charge on any atom is -0.479 e. The first kappa shape index (κ1) is 17.3. The number of carboxylic acid groups (broad SMARTS) is 1. The van der Waals surface area contributed by atoms with Gasteiger partial charge in [0.1, 0.15) is 5.37 Å². The normalized spacial score (nSPS) is 26.0. The molecule has 1 saturated heterocycles. The molecule has 0 aliphatic carbocycles. The van der Waals surface area contributed by atoms with Crippen molar-refractivity contribution in [2.24, 2.45) is 10.9 Å². The third kappa shape index (κ3) is 2.91. The second-order valence-corrected chi connectivity index (χ2v) is 7.00. The third-order valence-electron chi connectivity index (χ3n) is 4.11. The quantitative estimate of drug-likeness (QED) is 0.417. The predicted molar refractivity (Wildman–Crippen MR) is 89.4 cm³/mol. The number of carbonyl (C=O) groups is 2. The molecule has 0 aromatic carbocycles. The van der Waals surface area contributed by atoms with Gasteiger partial charge in [0.05, 0.1) is 5.04 Å². The zero-order chi connectivity index (χ0) is 16.4. The van der Waals surface area contributed by atoms with E-state index in [1.165, 1.54) is 16.7 Å². The van der Waals surface area contributed by atoms with E-state index in [4.69, 9.17) is 11.6 Å². The van der Waals surface area contributed by atoms with Crippen molar-refractivity contribution in [3.8, 4) is 0 Å². The Balaban J connectivity index is 2.15. The first-order chi connectivity index (χ1) is 10.5. The zero-order valence-electron chi connectivity index (χ0n) is 12.8. The highest BCUT2D eigenvalue weighted by molar-refractivity contribution is 8.14. The van der Waals surface area contributed by atoms with Crippen LogP contribution in [-0.4, -0.2) is 50.3 Å². The Kier molecular flexibility index (Phi) is 5.55. The van der Waals surface area contributed by atoms with Gasteiger partial charge in [-0.1, -0.05) is 38.6 Å². The van der Waals surface area contributed by atoms with Crippen LogP contribution in [0.3, 0.4) is 0 Å². The standard InChI is InChI=1S/C15H21ClN2O3S/c1-4-6-9(5-2)12-17-10-13(19)18(14(10)22-12)11(15(20)21)8(3)7-16/h9-11,14H,3-7H2,1-2H3,(H,20,21). The molecule has 7 heteroatoms. The smallest absolute Gasteiger partial charge is 0.330 e. The minimum atomic E-state index is -1.09. The molecule has 4 atom stereocenters. The SMILES string of the molecule is C=C(CCl)C(C(=O)O)N1C(=O)C2N=C(C(CC)CCC)SC21. The van der Waals surface area contributed by atoms with Crippen molar-refractivity contribution in [3.63, 3.8) is 0 Å². The number of carboxylic acids is 1. The number of fused-ring (bicyclic) bond motifs is 1. The van der Waals surface area contributed by atoms with E-state index < -0.39 is 18.1 Å². The van der Waals surface area contributed by atoms with E-state index in [0.29, 0.717) is 11.5 Å². The molecule has 22 heavy (non-hydrogen) atoms. The maximum Gasteiger partial charge on any atom is 0.330 e. The highest BCUT2D eigenvalue weighted by atomic mass is 35.5. The van der Waals surface area contributed by atoms with Crippen LogP contribution in [-0.2, 0) is 9.59 Å². The molecule has 5 nitrogen and oxygen atoms in total. The van der Waals surface area contributed by atoms with Gasteiger partial charge in [-0.05, 0) is 18.4 Å². The number of rotatable bonds is 8. The van der Waals surface area contributed by atoms with Crippen molar-refractivity contribution < 1.29 is 14.7 Å². The van der Waals surface area contributed by atoms with Gasteiger partial charge in [-0.15, -0.1) is 11.6 Å². The van der Waals surface area contributed by atoms with Gasteiger partial charge in [-0.25, -0.2) is 4.79 Å². The molecule has 2 heterocycles. The zero-order valence-corrected chi connectivity index (χ0v) is 14.4. The summed E-state index contributed by atoms with van der Waals surface area (Å²) in [5, 5.41) is 10.1. The fourth-order valence-electron chi connectivity index (χ4n) is 2.89. The van der Waals surface area contributed by atoms with Crippen LogP contribution < -0.4 is 0 Å². The number of β-lactam (4-membered cyclic amide) rings is 1. The molecule has 0 aromatic heterocycles. The van der Waals surface area contributed by atoms with Crippen LogP contribution in [0.5, 0.6) is 0 Å². The van der Waals surface area contributed by atoms with Gasteiger partial charge in [0.25, 0.3) is 5.91 Å². The van der Waals surface area contributed by atoms with E-state index >= 15 is 0 Å². The number of aliphatic imine (C=N–C) groups is 1. The van der Waals surface area contributed by atoms with Crippen molar-refractivity contribution in [1.82, 2.24) is 4.90 Å². The second-order valence-electron chi connectivity index (χ2n) is 5.59. The largest absolute Gasteiger partial charge is 0.479 e. The lowest BCUT2D eigenvalue weighted by Gasteiger charge is -2.44. The molecule has 122 valence electrons. The number of aliphatic carboxylic acids is 1. The molecule has 4 unspecified atom stereocenters. The minimum absolute atomic E-state index is 0.0178. The number of alkyl halides is 1. The Hall–Kier alpha value is -1.01. The van der Waals surface area contributed by atoms with Gasteiger partial charge in [0, 0.05) is 11.8 Å². The van der Waals surface area contributed by atoms with E-state index in [1.807, 2.05) is 0 Å². The molecular formula is C15H21ClN2O3S. The molecule has 1 amide bonds. The lowest BCUT2D eigenvalue weighted by Crippen LogP contribution is -2.66. The molecule has 2 aliphatic rings. The molecular weight excluding hydrogens is 324 g/mol. The number of hydrogen-bond acceptors (Lipinski definition) is 4. The molecule has 2 rings (SSSR count). The Bertz CT molecular complexity index is 523. The van der Waals surface area contributed by atoms with Crippen molar-refractivity contribution in [1.29, 1.82) is 0 Å². The van der Waals surface area contributed by atoms with Crippen LogP contribution in [0, 0.1) is 5.92 Å². The number of nitrogens with zero attached hydrogens (tertiary/aromatic N) is 2. The fraction of sp³-hybridized carbons (Fsp3) is 0.667. The molecule has 0 radical (unpaired) electrons. The summed E-state index contributed by atoms with van der Waals surface area (Å²) in [5.74, 6) is -0.955. The maximum absolute atomic E-state index is 12.3. The van der Waals surface area contributed by atoms with Crippen LogP contribution in [0.2, 0.25) is 0 Å². The Morgan fingerprint density at radius 1 is 1.55 bits per heavy atom. The third-order valence-corrected chi connectivity index (χ3v) is 5.86. The lowest BCUT2D eigenvalue weighted by atomic mass is 9.99. The van der Waals surface area contributed by atoms with Crippen LogP contribution >= 0.6 is 23.4 Å². The summed E-state index contributed by atoms with van der Waals surface area (Å²) in [5.41, 5.74) is 0.329. The van der Waals surface area contributed by atoms with Gasteiger partial charge < -0.3 is 10.0 Å². The maximum atomic E-state index is 12.3. The number of hydrogen-bond donors (Lipinski definition) is 1. The summed E-state index contributed by atoms with van der Waals surface area (Å²) in [6.45, 7) is 7.93. The summed E-state index contributed by atoms with van der Waals surface area (Å²) >= 11 is 7.24. The molecule has 0 aromatic rings. The van der Waals surface area contributed by atoms with Gasteiger partial charge in [0.2, 0.25) is 0 Å². The number of amides is 1. The van der Waals surface area contributed by atoms with Crippen LogP contribution in [0.1, 0.15) is 33.1 Å². The number of likely N-dealkylation sites (tertiary alicyclic amines) is 1. The average molecular weight is 345 g/mol. The van der Waals surface area contributed by atoms with Crippen molar-refractivity contribution >= 4 is 40.3 Å². The number of carbonyl (C=O) groups excluding carboxylic acids is 1. The number of thioether (sulfide) groups is 1. The Morgan fingerprint density at radius 2 is 2.23 bits per heavy atom. The molecule has 2 aliphatic heterocycles. The summed E-state index contributed by atoms with van der Waals surface area (Å²) in [6, 6.07) is -1.49. The van der Waals surface area contributed by atoms with Gasteiger partial charge >= 0.3 is 5.97 Å². The molecule has 1 N–H and O–H groups in total. The molecule has 0 saturated carbocycles. The Labute approximate surface area is 139 Å². The van der Waals surface area contributed by atoms with Gasteiger partial charge in [-0.2, -0.15) is 0 Å². The predicted octanol–water partition coefficient (Wildman–Crippen LogP) is 2.74. The summed E-state index contributed by atoms with van der Waals surface area (Å²) in [7, 11) is 0. The fourth-order valence-corrected chi connectivity index (χ4v) is 4.58. The molecule has 0 spiro atoms. The highest BCUT2D eigenvalue weighted by Crippen LogP contribution is 2.44. The monoisotopic (exact) mass is 344 g/mol. The van der Waals surface area contributed by atoms with E-state index in [2.05, 4.69) is 25.4 Å². The van der Waals surface area contributed by atoms with E-state index in [0.717, 1.165) is 24.3 Å². The van der Waals surface area contributed by atoms with E-state index in [9.17, 15) is 14.7 Å². The van der Waals surface area contributed by atoms with E-state index in [1.54, 1.807) is 0 Å². The van der Waals surface area contributed by atoms with Crippen LogP contribution in [0.25, 0.3) is 0 Å². The van der Waals surface area contributed by atoms with Crippen molar-refractivity contribution in [2.45, 2.75) is 50.6 Å². The van der Waals surface area contributed by atoms with E-state index in [-0.39, 0.29) is 17.2 Å². The van der Waals surface area contributed by atoms with Gasteiger partial charge in [-0.3, -0.25) is 9.79 Å². The average Bonchev–Trinajstić information content (AvgIpc) is 2.89. The second kappa shape index (κ2) is 7.04. The summed E-state index contributed by atoms with van der Waals surface area (Å²) < 4.78 is 0. The topological polar surface area (TPSA) is 70.0 Å². The first-order valence-corrected chi connectivity index (χ1v) is 8.90. The first-order valence-electron chi connectivity index (χ1n) is 7.49. The van der Waals surface area contributed by atoms with Crippen molar-refractivity contribution in [3.05, 3.63) is 12.2 Å². The number of halogens is 1. The summed E-state index contributed by atoms with van der Waals surface area (Å²) in [4.78, 5) is 29.7. The van der Waals surface area contributed by atoms with Gasteiger partial charge in [0.15, 0.2) is 12.1 Å².